The lowest BCUT2D eigenvalue weighted by Gasteiger charge is -2.06. The summed E-state index contributed by atoms with van der Waals surface area (Å²) in [6, 6.07) is 0. The molecule has 1 heterocycles. The molecule has 0 bridgehead atoms. The van der Waals surface area contributed by atoms with E-state index in [1.807, 2.05) is 0 Å². The minimum atomic E-state index is -2.48. The Kier molecular flexibility index (Phi) is 5.02. The molecule has 0 aliphatic rings. The molecule has 1 aromatic heterocycles. The zero-order valence-corrected chi connectivity index (χ0v) is 9.72. The van der Waals surface area contributed by atoms with Crippen LogP contribution in [0.2, 0.25) is 0 Å². The minimum Gasteiger partial charge on any atom is -0.374 e. The lowest BCUT2D eigenvalue weighted by atomic mass is 10.2. The van der Waals surface area contributed by atoms with E-state index in [-0.39, 0.29) is 19.1 Å². The number of hydrogen-bond donors (Lipinski definition) is 2. The van der Waals surface area contributed by atoms with Crippen molar-refractivity contribution in [2.45, 2.75) is 20.3 Å². The Morgan fingerprint density at radius 1 is 1.53 bits per heavy atom. The Morgan fingerprint density at radius 2 is 2.24 bits per heavy atom. The van der Waals surface area contributed by atoms with Crippen LogP contribution in [0.25, 0.3) is 0 Å². The topological polar surface area (TPSA) is 67.0 Å². The van der Waals surface area contributed by atoms with Crippen LogP contribution in [0.1, 0.15) is 21.7 Å². The molecule has 0 radical (unpaired) electrons. The van der Waals surface area contributed by atoms with Gasteiger partial charge in [0.25, 0.3) is 12.3 Å². The number of carbonyl (C=O) groups excluding carboxylic acids is 1. The van der Waals surface area contributed by atoms with Crippen LogP contribution < -0.4 is 5.32 Å². The van der Waals surface area contributed by atoms with Crippen LogP contribution in [-0.2, 0) is 4.74 Å². The predicted molar refractivity (Wildman–Crippen MR) is 57.2 cm³/mol. The molecule has 0 aromatic carbocycles. The van der Waals surface area contributed by atoms with Crippen LogP contribution in [0.4, 0.5) is 8.78 Å². The van der Waals surface area contributed by atoms with E-state index in [0.717, 1.165) is 0 Å². The standard InChI is InChI=1S/C10H15F2N3O2/c1-6-9(7(2)15-14-6)10(16)13-3-4-17-5-8(11)12/h8H,3-5H2,1-2H3,(H,13,16)(H,14,15). The fourth-order valence-corrected chi connectivity index (χ4v) is 1.38. The van der Waals surface area contributed by atoms with Gasteiger partial charge < -0.3 is 10.1 Å². The molecule has 1 amide bonds. The summed E-state index contributed by atoms with van der Waals surface area (Å²) in [5.41, 5.74) is 1.76. The third kappa shape index (κ3) is 4.10. The molecule has 0 unspecified atom stereocenters. The van der Waals surface area contributed by atoms with Gasteiger partial charge in [-0.1, -0.05) is 0 Å². The van der Waals surface area contributed by atoms with Crippen molar-refractivity contribution in [3.05, 3.63) is 17.0 Å². The van der Waals surface area contributed by atoms with Gasteiger partial charge >= 0.3 is 0 Å². The second-order valence-electron chi connectivity index (χ2n) is 3.53. The summed E-state index contributed by atoms with van der Waals surface area (Å²) < 4.78 is 28.1. The van der Waals surface area contributed by atoms with Crippen molar-refractivity contribution >= 4 is 5.91 Å². The van der Waals surface area contributed by atoms with E-state index in [0.29, 0.717) is 17.0 Å². The SMILES string of the molecule is Cc1n[nH]c(C)c1C(=O)NCCOCC(F)F. The first-order chi connectivity index (χ1) is 8.02. The third-order valence-electron chi connectivity index (χ3n) is 2.13. The average molecular weight is 247 g/mol. The summed E-state index contributed by atoms with van der Waals surface area (Å²) in [6.45, 7) is 3.09. The summed E-state index contributed by atoms with van der Waals surface area (Å²) in [4.78, 5) is 11.7. The number of alkyl halides is 2. The molecule has 0 saturated heterocycles. The molecule has 0 aliphatic carbocycles. The summed E-state index contributed by atoms with van der Waals surface area (Å²) >= 11 is 0. The number of carbonyl (C=O) groups is 1. The molecule has 17 heavy (non-hydrogen) atoms. The van der Waals surface area contributed by atoms with Crippen molar-refractivity contribution in [3.63, 3.8) is 0 Å². The molecule has 1 aromatic rings. The van der Waals surface area contributed by atoms with Crippen molar-refractivity contribution in [3.8, 4) is 0 Å². The van der Waals surface area contributed by atoms with Gasteiger partial charge in [-0.25, -0.2) is 8.78 Å². The quantitative estimate of drug-likeness (QED) is 0.738. The highest BCUT2D eigenvalue weighted by Crippen LogP contribution is 2.08. The molecule has 0 spiro atoms. The molecule has 0 saturated carbocycles. The lowest BCUT2D eigenvalue weighted by Crippen LogP contribution is -2.28. The maximum absolute atomic E-state index is 11.7. The molecular weight excluding hydrogens is 232 g/mol. The van der Waals surface area contributed by atoms with Gasteiger partial charge in [-0.3, -0.25) is 9.89 Å². The number of ether oxygens (including phenoxy) is 1. The van der Waals surface area contributed by atoms with Gasteiger partial charge in [0.1, 0.15) is 6.61 Å². The molecule has 0 aliphatic heterocycles. The predicted octanol–water partition coefficient (Wildman–Crippen LogP) is 1.04. The first-order valence-electron chi connectivity index (χ1n) is 5.18. The number of aromatic nitrogens is 2. The molecule has 0 atom stereocenters. The van der Waals surface area contributed by atoms with Crippen molar-refractivity contribution < 1.29 is 18.3 Å². The van der Waals surface area contributed by atoms with Crippen LogP contribution >= 0.6 is 0 Å². The molecule has 0 fully saturated rings. The van der Waals surface area contributed by atoms with Crippen LogP contribution in [-0.4, -0.2) is 42.3 Å². The van der Waals surface area contributed by atoms with Gasteiger partial charge in [0.15, 0.2) is 0 Å². The molecule has 7 heteroatoms. The number of aryl methyl sites for hydroxylation is 2. The van der Waals surface area contributed by atoms with Crippen LogP contribution in [0.3, 0.4) is 0 Å². The highest BCUT2D eigenvalue weighted by Gasteiger charge is 2.14. The third-order valence-corrected chi connectivity index (χ3v) is 2.13. The van der Waals surface area contributed by atoms with Crippen LogP contribution in [0, 0.1) is 13.8 Å². The molecule has 1 rings (SSSR count). The van der Waals surface area contributed by atoms with Crippen molar-refractivity contribution in [2.75, 3.05) is 19.8 Å². The Labute approximate surface area is 97.5 Å². The second kappa shape index (κ2) is 6.29. The second-order valence-corrected chi connectivity index (χ2v) is 3.53. The first kappa shape index (κ1) is 13.6. The summed E-state index contributed by atoms with van der Waals surface area (Å²) in [7, 11) is 0. The number of nitrogens with zero attached hydrogens (tertiary/aromatic N) is 1. The van der Waals surface area contributed by atoms with E-state index in [4.69, 9.17) is 0 Å². The average Bonchev–Trinajstić information content (AvgIpc) is 2.57. The van der Waals surface area contributed by atoms with E-state index in [1.165, 1.54) is 0 Å². The number of hydrogen-bond acceptors (Lipinski definition) is 3. The zero-order valence-electron chi connectivity index (χ0n) is 9.72. The summed E-state index contributed by atoms with van der Waals surface area (Å²) in [6.07, 6.45) is -2.48. The van der Waals surface area contributed by atoms with Gasteiger partial charge in [-0.2, -0.15) is 5.10 Å². The first-order valence-corrected chi connectivity index (χ1v) is 5.18. The fourth-order valence-electron chi connectivity index (χ4n) is 1.38. The fraction of sp³-hybridized carbons (Fsp3) is 0.600. The molecular formula is C10H15F2N3O2. The van der Waals surface area contributed by atoms with Crippen LogP contribution in [0.15, 0.2) is 0 Å². The van der Waals surface area contributed by atoms with Gasteiger partial charge in [0, 0.05) is 12.2 Å². The Balaban J connectivity index is 2.31. The maximum Gasteiger partial charge on any atom is 0.261 e. The number of amides is 1. The monoisotopic (exact) mass is 247 g/mol. The van der Waals surface area contributed by atoms with E-state index in [2.05, 4.69) is 20.3 Å². The smallest absolute Gasteiger partial charge is 0.261 e. The van der Waals surface area contributed by atoms with Crippen molar-refractivity contribution in [2.24, 2.45) is 0 Å². The molecule has 2 N–H and O–H groups in total. The van der Waals surface area contributed by atoms with Gasteiger partial charge in [0.05, 0.1) is 17.9 Å². The van der Waals surface area contributed by atoms with Gasteiger partial charge in [-0.05, 0) is 13.8 Å². The normalized spacial score (nSPS) is 10.9. The van der Waals surface area contributed by atoms with Gasteiger partial charge in [-0.15, -0.1) is 0 Å². The Morgan fingerprint density at radius 3 is 2.76 bits per heavy atom. The number of rotatable bonds is 6. The van der Waals surface area contributed by atoms with E-state index in [1.54, 1.807) is 13.8 Å². The number of aromatic amines is 1. The largest absolute Gasteiger partial charge is 0.374 e. The van der Waals surface area contributed by atoms with E-state index in [9.17, 15) is 13.6 Å². The number of H-pyrrole nitrogens is 1. The van der Waals surface area contributed by atoms with Crippen molar-refractivity contribution in [1.82, 2.24) is 15.5 Å². The number of halogens is 2. The highest BCUT2D eigenvalue weighted by atomic mass is 19.3. The van der Waals surface area contributed by atoms with E-state index < -0.39 is 13.0 Å². The highest BCUT2D eigenvalue weighted by molar-refractivity contribution is 5.96. The zero-order chi connectivity index (χ0) is 12.8. The lowest BCUT2D eigenvalue weighted by molar-refractivity contribution is 0.0188. The molecule has 5 nitrogen and oxygen atoms in total. The Bertz CT molecular complexity index is 360. The van der Waals surface area contributed by atoms with Crippen LogP contribution in [0.5, 0.6) is 0 Å². The summed E-state index contributed by atoms with van der Waals surface area (Å²) in [5.74, 6) is -0.283. The number of nitrogens with one attached hydrogen (secondary N) is 2. The Hall–Kier alpha value is -1.50. The van der Waals surface area contributed by atoms with Gasteiger partial charge in [0.2, 0.25) is 0 Å². The maximum atomic E-state index is 11.7. The minimum absolute atomic E-state index is 0.0615. The summed E-state index contributed by atoms with van der Waals surface area (Å²) in [5, 5.41) is 9.15. The van der Waals surface area contributed by atoms with Crippen molar-refractivity contribution in [1.29, 1.82) is 0 Å². The van der Waals surface area contributed by atoms with E-state index >= 15 is 0 Å². The molecule has 96 valence electrons.